The molecule has 3 aromatic rings. The molecule has 0 fully saturated rings. The highest BCUT2D eigenvalue weighted by molar-refractivity contribution is 14.1. The summed E-state index contributed by atoms with van der Waals surface area (Å²) in [5.41, 5.74) is 1.15. The maximum Gasteiger partial charge on any atom is 0.453 e. The number of halogens is 4. The van der Waals surface area contributed by atoms with Crippen LogP contribution < -0.4 is 4.74 Å². The van der Waals surface area contributed by atoms with Gasteiger partial charge in [-0.25, -0.2) is 14.6 Å². The molecule has 0 aliphatic carbocycles. The molecule has 1 aromatic carbocycles. The van der Waals surface area contributed by atoms with Crippen LogP contribution in [0.4, 0.5) is 13.2 Å². The number of aromatic nitrogens is 5. The largest absolute Gasteiger partial charge is 0.497 e. The van der Waals surface area contributed by atoms with Gasteiger partial charge in [-0.05, 0) is 46.7 Å². The summed E-state index contributed by atoms with van der Waals surface area (Å²) in [5.74, 6) is 0.236. The molecule has 3 heterocycles. The van der Waals surface area contributed by atoms with Crippen molar-refractivity contribution in [1.82, 2.24) is 24.3 Å². The molecule has 0 spiro atoms. The van der Waals surface area contributed by atoms with Crippen molar-refractivity contribution in [3.8, 4) is 17.3 Å². The van der Waals surface area contributed by atoms with E-state index in [-0.39, 0.29) is 12.4 Å². The van der Waals surface area contributed by atoms with Gasteiger partial charge in [0.05, 0.1) is 13.7 Å². The lowest BCUT2D eigenvalue weighted by Crippen LogP contribution is -2.09. The van der Waals surface area contributed by atoms with Gasteiger partial charge in [-0.2, -0.15) is 13.2 Å². The van der Waals surface area contributed by atoms with Gasteiger partial charge in [0.25, 0.3) is 5.82 Å². The number of methoxy groups -OCH3 is 1. The van der Waals surface area contributed by atoms with Crippen molar-refractivity contribution in [1.29, 1.82) is 0 Å². The Morgan fingerprint density at radius 1 is 1.21 bits per heavy atom. The van der Waals surface area contributed by atoms with E-state index in [4.69, 9.17) is 9.47 Å². The number of hydrogen-bond donors (Lipinski definition) is 0. The molecule has 0 amide bonds. The molecule has 2 aromatic heterocycles. The lowest BCUT2D eigenvalue weighted by Gasteiger charge is -2.07. The first-order chi connectivity index (χ1) is 13.9. The normalized spacial score (nSPS) is 14.5. The van der Waals surface area contributed by atoms with Gasteiger partial charge in [0.1, 0.15) is 27.6 Å². The molecule has 29 heavy (non-hydrogen) atoms. The smallest absolute Gasteiger partial charge is 0.453 e. The Labute approximate surface area is 178 Å². The van der Waals surface area contributed by atoms with Gasteiger partial charge in [-0.15, -0.1) is 5.10 Å². The van der Waals surface area contributed by atoms with E-state index in [1.54, 1.807) is 31.4 Å². The van der Waals surface area contributed by atoms with Crippen LogP contribution in [-0.4, -0.2) is 38.0 Å². The summed E-state index contributed by atoms with van der Waals surface area (Å²) in [7, 11) is 1.55. The van der Waals surface area contributed by atoms with Gasteiger partial charge >= 0.3 is 6.18 Å². The molecule has 0 radical (unpaired) electrons. The van der Waals surface area contributed by atoms with Gasteiger partial charge in [0, 0.05) is 13.2 Å². The Hall–Kier alpha value is -2.15. The van der Waals surface area contributed by atoms with E-state index in [0.717, 1.165) is 15.7 Å². The highest BCUT2D eigenvalue weighted by atomic mass is 127. The quantitative estimate of drug-likeness (QED) is 0.492. The van der Waals surface area contributed by atoms with Crippen molar-refractivity contribution in [3.05, 3.63) is 45.2 Å². The number of benzene rings is 1. The van der Waals surface area contributed by atoms with E-state index in [1.807, 2.05) is 4.57 Å². The second-order valence-corrected chi connectivity index (χ2v) is 7.51. The Morgan fingerprint density at radius 2 is 1.97 bits per heavy atom. The first-order valence-corrected chi connectivity index (χ1v) is 9.92. The molecule has 0 bridgehead atoms. The summed E-state index contributed by atoms with van der Waals surface area (Å²) in [5, 5.41) is 3.73. The van der Waals surface area contributed by atoms with Crippen LogP contribution >= 0.6 is 22.6 Å². The van der Waals surface area contributed by atoms with Crippen LogP contribution in [0, 0.1) is 3.70 Å². The van der Waals surface area contributed by atoms with Crippen LogP contribution in [-0.2, 0) is 30.6 Å². The van der Waals surface area contributed by atoms with E-state index in [2.05, 4.69) is 37.7 Å². The fourth-order valence-corrected chi connectivity index (χ4v) is 3.98. The average Bonchev–Trinajstić information content (AvgIpc) is 3.14. The predicted molar refractivity (Wildman–Crippen MR) is 105 cm³/mol. The molecular formula is C18H17F3IN5O2. The van der Waals surface area contributed by atoms with Gasteiger partial charge < -0.3 is 14.0 Å². The highest BCUT2D eigenvalue weighted by Gasteiger charge is 2.38. The molecule has 7 nitrogen and oxygen atoms in total. The molecule has 1 aliphatic heterocycles. The fourth-order valence-electron chi connectivity index (χ4n) is 3.10. The SMILES string of the molecule is COc1ccc(Cn2nc(C(F)(F)F)nc2-c2nc3n(c2I)CCCOC3)cc1. The second-order valence-electron chi connectivity index (χ2n) is 6.49. The van der Waals surface area contributed by atoms with Gasteiger partial charge in [-0.3, -0.25) is 0 Å². The number of rotatable bonds is 4. The summed E-state index contributed by atoms with van der Waals surface area (Å²) >= 11 is 2.09. The van der Waals surface area contributed by atoms with Crippen LogP contribution in [0.5, 0.6) is 5.75 Å². The maximum absolute atomic E-state index is 13.3. The van der Waals surface area contributed by atoms with Crippen LogP contribution in [0.2, 0.25) is 0 Å². The Morgan fingerprint density at radius 3 is 2.66 bits per heavy atom. The number of ether oxygens (including phenoxy) is 2. The van der Waals surface area contributed by atoms with Crippen molar-refractivity contribution >= 4 is 22.6 Å². The van der Waals surface area contributed by atoms with Crippen molar-refractivity contribution in [2.75, 3.05) is 13.7 Å². The molecule has 0 saturated carbocycles. The van der Waals surface area contributed by atoms with Crippen LogP contribution in [0.1, 0.15) is 23.6 Å². The Bertz CT molecular complexity index is 1010. The molecule has 11 heteroatoms. The van der Waals surface area contributed by atoms with Crippen molar-refractivity contribution < 1.29 is 22.6 Å². The lowest BCUT2D eigenvalue weighted by atomic mass is 10.2. The molecule has 0 N–H and O–H groups in total. The predicted octanol–water partition coefficient (Wildman–Crippen LogP) is 3.74. The third-order valence-electron chi connectivity index (χ3n) is 4.51. The van der Waals surface area contributed by atoms with E-state index in [0.29, 0.717) is 37.0 Å². The second kappa shape index (κ2) is 7.94. The summed E-state index contributed by atoms with van der Waals surface area (Å²) in [4.78, 5) is 8.32. The topological polar surface area (TPSA) is 67.0 Å². The summed E-state index contributed by atoms with van der Waals surface area (Å²) in [6, 6.07) is 7.05. The lowest BCUT2D eigenvalue weighted by molar-refractivity contribution is -0.144. The number of fused-ring (bicyclic) bond motifs is 1. The number of alkyl halides is 3. The molecule has 0 saturated heterocycles. The first kappa shape index (κ1) is 20.1. The fraction of sp³-hybridized carbons (Fsp3) is 0.389. The van der Waals surface area contributed by atoms with Gasteiger partial charge in [-0.1, -0.05) is 12.1 Å². The molecule has 0 atom stereocenters. The van der Waals surface area contributed by atoms with E-state index in [1.165, 1.54) is 4.68 Å². The number of imidazole rings is 1. The monoisotopic (exact) mass is 519 g/mol. The van der Waals surface area contributed by atoms with E-state index in [9.17, 15) is 13.2 Å². The van der Waals surface area contributed by atoms with Crippen LogP contribution in [0.3, 0.4) is 0 Å². The standard InChI is InChI=1S/C18H17F3IN5O2/c1-28-12-5-3-11(4-6-12)9-27-16(24-17(25-27)18(19,20)21)14-15(22)26-7-2-8-29-10-13(26)23-14/h3-6H,2,7-10H2,1H3. The Kier molecular flexibility index (Phi) is 5.51. The van der Waals surface area contributed by atoms with Gasteiger partial charge in [0.15, 0.2) is 5.82 Å². The highest BCUT2D eigenvalue weighted by Crippen LogP contribution is 2.32. The average molecular weight is 519 g/mol. The molecule has 154 valence electrons. The summed E-state index contributed by atoms with van der Waals surface area (Å²) in [6.45, 7) is 1.76. The first-order valence-electron chi connectivity index (χ1n) is 8.85. The zero-order valence-corrected chi connectivity index (χ0v) is 17.6. The van der Waals surface area contributed by atoms with Crippen LogP contribution in [0.25, 0.3) is 11.5 Å². The minimum atomic E-state index is -4.65. The van der Waals surface area contributed by atoms with E-state index < -0.39 is 12.0 Å². The third-order valence-corrected chi connectivity index (χ3v) is 5.61. The molecule has 0 unspecified atom stereocenters. The van der Waals surface area contributed by atoms with Gasteiger partial charge in [0.2, 0.25) is 0 Å². The number of nitrogens with zero attached hydrogens (tertiary/aromatic N) is 5. The molecular weight excluding hydrogens is 502 g/mol. The Balaban J connectivity index is 1.77. The van der Waals surface area contributed by atoms with Crippen LogP contribution in [0.15, 0.2) is 24.3 Å². The number of hydrogen-bond acceptors (Lipinski definition) is 5. The minimum absolute atomic E-state index is 0.0816. The van der Waals surface area contributed by atoms with Crippen molar-refractivity contribution in [2.45, 2.75) is 32.3 Å². The zero-order valence-electron chi connectivity index (χ0n) is 15.4. The molecule has 1 aliphatic rings. The van der Waals surface area contributed by atoms with E-state index >= 15 is 0 Å². The third kappa shape index (κ3) is 4.10. The zero-order chi connectivity index (χ0) is 20.6. The van der Waals surface area contributed by atoms with Crippen molar-refractivity contribution in [2.24, 2.45) is 0 Å². The summed E-state index contributed by atoms with van der Waals surface area (Å²) in [6.07, 6.45) is -3.84. The summed E-state index contributed by atoms with van der Waals surface area (Å²) < 4.78 is 54.5. The molecule has 4 rings (SSSR count). The maximum atomic E-state index is 13.3. The van der Waals surface area contributed by atoms with Crippen molar-refractivity contribution in [3.63, 3.8) is 0 Å². The minimum Gasteiger partial charge on any atom is -0.497 e.